The van der Waals surface area contributed by atoms with E-state index in [1.807, 2.05) is 23.1 Å². The fraction of sp³-hybridized carbons (Fsp3) is 0.474. The second-order valence-corrected chi connectivity index (χ2v) is 8.91. The lowest BCUT2D eigenvalue weighted by Gasteiger charge is -2.29. The van der Waals surface area contributed by atoms with Crippen molar-refractivity contribution < 1.29 is 27.4 Å². The number of ether oxygens (including phenoxy) is 2. The maximum atomic E-state index is 11.9. The molecular formula is C19H25NO6S. The Kier molecular flexibility index (Phi) is 6.41. The van der Waals surface area contributed by atoms with Crippen molar-refractivity contribution in [2.45, 2.75) is 25.1 Å². The second-order valence-electron chi connectivity index (χ2n) is 6.68. The third kappa shape index (κ3) is 5.47. The van der Waals surface area contributed by atoms with Gasteiger partial charge in [0.25, 0.3) is 0 Å². The third-order valence-corrected chi connectivity index (χ3v) is 6.36. The minimum Gasteiger partial charge on any atom is -0.493 e. The maximum absolute atomic E-state index is 11.9. The Morgan fingerprint density at radius 1 is 1.26 bits per heavy atom. The molecule has 0 saturated carbocycles. The van der Waals surface area contributed by atoms with Crippen LogP contribution in [-0.2, 0) is 16.4 Å². The van der Waals surface area contributed by atoms with E-state index < -0.39 is 15.9 Å². The lowest BCUT2D eigenvalue weighted by molar-refractivity contribution is 0.0490. The van der Waals surface area contributed by atoms with E-state index in [4.69, 9.17) is 13.9 Å². The van der Waals surface area contributed by atoms with E-state index in [0.29, 0.717) is 24.5 Å². The van der Waals surface area contributed by atoms with Crippen LogP contribution < -0.4 is 9.47 Å². The fourth-order valence-electron chi connectivity index (χ4n) is 3.26. The number of rotatable bonds is 9. The van der Waals surface area contributed by atoms with Crippen LogP contribution in [0.15, 0.2) is 47.1 Å². The van der Waals surface area contributed by atoms with Crippen LogP contribution in [0.2, 0.25) is 0 Å². The number of hydrogen-bond donors (Lipinski definition) is 1. The molecule has 0 radical (unpaired) electrons. The van der Waals surface area contributed by atoms with Gasteiger partial charge in [0.1, 0.15) is 18.5 Å². The minimum atomic E-state index is -3.02. The Labute approximate surface area is 159 Å². The van der Waals surface area contributed by atoms with Gasteiger partial charge < -0.3 is 19.0 Å². The quantitative estimate of drug-likeness (QED) is 0.691. The molecule has 1 fully saturated rings. The molecule has 2 unspecified atom stereocenters. The standard InChI is InChI=1S/C19H25NO6S/c1-24-18-6-2-3-7-19(18)26-13-16(21)11-20(12-17-5-4-9-25-17)15-8-10-27(22,23)14-15/h2-7,9,15-16,21H,8,10-14H2,1H3. The van der Waals surface area contributed by atoms with Crippen LogP contribution in [0.1, 0.15) is 12.2 Å². The first kappa shape index (κ1) is 19.7. The summed E-state index contributed by atoms with van der Waals surface area (Å²) in [7, 11) is -1.46. The Morgan fingerprint density at radius 2 is 2.04 bits per heavy atom. The molecule has 2 aromatic rings. The maximum Gasteiger partial charge on any atom is 0.161 e. The van der Waals surface area contributed by atoms with Gasteiger partial charge >= 0.3 is 0 Å². The van der Waals surface area contributed by atoms with Crippen LogP contribution in [0.4, 0.5) is 0 Å². The van der Waals surface area contributed by atoms with Crippen LogP contribution in [0.5, 0.6) is 11.5 Å². The highest BCUT2D eigenvalue weighted by molar-refractivity contribution is 7.91. The van der Waals surface area contributed by atoms with E-state index in [1.54, 1.807) is 31.6 Å². The van der Waals surface area contributed by atoms with Gasteiger partial charge in [-0.1, -0.05) is 12.1 Å². The van der Waals surface area contributed by atoms with E-state index in [0.717, 1.165) is 5.76 Å². The van der Waals surface area contributed by atoms with Crippen LogP contribution in [0, 0.1) is 0 Å². The molecule has 0 bridgehead atoms. The first-order chi connectivity index (χ1) is 13.0. The molecule has 0 aliphatic carbocycles. The van der Waals surface area contributed by atoms with E-state index in [2.05, 4.69) is 0 Å². The van der Waals surface area contributed by atoms with Crippen molar-refractivity contribution >= 4 is 9.84 Å². The van der Waals surface area contributed by atoms with Gasteiger partial charge in [-0.3, -0.25) is 4.90 Å². The van der Waals surface area contributed by atoms with Crippen molar-refractivity contribution in [3.05, 3.63) is 48.4 Å². The minimum absolute atomic E-state index is 0.0779. The zero-order valence-corrected chi connectivity index (χ0v) is 16.1. The highest BCUT2D eigenvalue weighted by Crippen LogP contribution is 2.26. The number of hydrogen-bond acceptors (Lipinski definition) is 7. The first-order valence-electron chi connectivity index (χ1n) is 8.87. The van der Waals surface area contributed by atoms with Gasteiger partial charge in [0.2, 0.25) is 0 Å². The van der Waals surface area contributed by atoms with Gasteiger partial charge in [0.15, 0.2) is 21.3 Å². The second kappa shape index (κ2) is 8.77. The Hall–Kier alpha value is -2.03. The molecule has 1 N–H and O–H groups in total. The van der Waals surface area contributed by atoms with E-state index >= 15 is 0 Å². The topological polar surface area (TPSA) is 89.2 Å². The van der Waals surface area contributed by atoms with Gasteiger partial charge in [-0.25, -0.2) is 8.42 Å². The molecule has 148 valence electrons. The molecule has 1 aliphatic heterocycles. The van der Waals surface area contributed by atoms with Crippen molar-refractivity contribution in [1.29, 1.82) is 0 Å². The first-order valence-corrected chi connectivity index (χ1v) is 10.7. The van der Waals surface area contributed by atoms with Crippen LogP contribution >= 0.6 is 0 Å². The van der Waals surface area contributed by atoms with Crippen molar-refractivity contribution in [3.8, 4) is 11.5 Å². The summed E-state index contributed by atoms with van der Waals surface area (Å²) in [6.07, 6.45) is 1.36. The normalized spacial score (nSPS) is 19.9. The molecule has 7 nitrogen and oxygen atoms in total. The zero-order valence-electron chi connectivity index (χ0n) is 15.3. The monoisotopic (exact) mass is 395 g/mol. The summed E-state index contributed by atoms with van der Waals surface area (Å²) in [6.45, 7) is 0.809. The Balaban J connectivity index is 1.62. The predicted octanol–water partition coefficient (Wildman–Crippen LogP) is 1.72. The molecule has 1 saturated heterocycles. The molecule has 1 aromatic heterocycles. The lowest BCUT2D eigenvalue weighted by Crippen LogP contribution is -2.42. The predicted molar refractivity (Wildman–Crippen MR) is 101 cm³/mol. The Morgan fingerprint density at radius 3 is 2.67 bits per heavy atom. The summed E-state index contributed by atoms with van der Waals surface area (Å²) < 4.78 is 40.0. The number of aliphatic hydroxyl groups is 1. The fourth-order valence-corrected chi connectivity index (χ4v) is 5.02. The summed E-state index contributed by atoms with van der Waals surface area (Å²) in [4.78, 5) is 1.96. The lowest BCUT2D eigenvalue weighted by atomic mass is 10.2. The van der Waals surface area contributed by atoms with Crippen molar-refractivity contribution in [2.24, 2.45) is 0 Å². The SMILES string of the molecule is COc1ccccc1OCC(O)CN(Cc1ccco1)C1CCS(=O)(=O)C1. The number of para-hydroxylation sites is 2. The smallest absolute Gasteiger partial charge is 0.161 e. The molecule has 27 heavy (non-hydrogen) atoms. The molecule has 0 amide bonds. The number of methoxy groups -OCH3 is 1. The highest BCUT2D eigenvalue weighted by Gasteiger charge is 2.33. The van der Waals surface area contributed by atoms with Gasteiger partial charge in [-0.15, -0.1) is 0 Å². The average molecular weight is 395 g/mol. The molecule has 1 aromatic carbocycles. The molecule has 3 rings (SSSR count). The van der Waals surface area contributed by atoms with Gasteiger partial charge in [-0.2, -0.15) is 0 Å². The molecule has 2 atom stereocenters. The summed E-state index contributed by atoms with van der Waals surface area (Å²) >= 11 is 0. The molecule has 0 spiro atoms. The number of nitrogens with zero attached hydrogens (tertiary/aromatic N) is 1. The third-order valence-electron chi connectivity index (χ3n) is 4.61. The average Bonchev–Trinajstić information content (AvgIpc) is 3.28. The highest BCUT2D eigenvalue weighted by atomic mass is 32.2. The van der Waals surface area contributed by atoms with E-state index in [9.17, 15) is 13.5 Å². The van der Waals surface area contributed by atoms with Crippen molar-refractivity contribution in [2.75, 3.05) is 31.8 Å². The summed E-state index contributed by atoms with van der Waals surface area (Å²) in [5, 5.41) is 10.5. The summed E-state index contributed by atoms with van der Waals surface area (Å²) in [5.41, 5.74) is 0. The van der Waals surface area contributed by atoms with Crippen molar-refractivity contribution in [3.63, 3.8) is 0 Å². The van der Waals surface area contributed by atoms with Crippen molar-refractivity contribution in [1.82, 2.24) is 4.90 Å². The largest absolute Gasteiger partial charge is 0.493 e. The van der Waals surface area contributed by atoms with E-state index in [-0.39, 0.29) is 30.7 Å². The van der Waals surface area contributed by atoms with Gasteiger partial charge in [-0.05, 0) is 30.7 Å². The van der Waals surface area contributed by atoms with Crippen LogP contribution in [0.3, 0.4) is 0 Å². The van der Waals surface area contributed by atoms with Gasteiger partial charge in [0, 0.05) is 12.6 Å². The van der Waals surface area contributed by atoms with Crippen LogP contribution in [0.25, 0.3) is 0 Å². The Bertz CT molecular complexity index is 820. The summed E-state index contributed by atoms with van der Waals surface area (Å²) in [6, 6.07) is 10.7. The zero-order chi connectivity index (χ0) is 19.3. The van der Waals surface area contributed by atoms with Crippen LogP contribution in [-0.4, -0.2) is 62.3 Å². The number of benzene rings is 1. The molecule has 1 aliphatic rings. The van der Waals surface area contributed by atoms with E-state index in [1.165, 1.54) is 0 Å². The summed E-state index contributed by atoms with van der Waals surface area (Å²) in [5.74, 6) is 2.17. The number of sulfone groups is 1. The molecule has 2 heterocycles. The number of aliphatic hydroxyl groups excluding tert-OH is 1. The number of furan rings is 1. The van der Waals surface area contributed by atoms with Gasteiger partial charge in [0.05, 0.1) is 31.4 Å². The molecular weight excluding hydrogens is 370 g/mol. The molecule has 8 heteroatoms.